The lowest BCUT2D eigenvalue weighted by Crippen LogP contribution is -2.25. The number of ketones is 1. The van der Waals surface area contributed by atoms with E-state index >= 15 is 0 Å². The van der Waals surface area contributed by atoms with Gasteiger partial charge in [-0.05, 0) is 62.5 Å². The third kappa shape index (κ3) is 5.66. The van der Waals surface area contributed by atoms with Crippen molar-refractivity contribution >= 4 is 11.8 Å². The van der Waals surface area contributed by atoms with Crippen LogP contribution in [0.25, 0.3) is 0 Å². The standard InChI is InChI=1S/C22H33NO3/c1-3-13-26-21(24)14-17(4-2)18-9-11-20(12-10-18)22(25)19-7-5-16(15-23)6-8-19/h9-12,16-17,19H,3-8,13-15,23H2,1-2H3. The van der Waals surface area contributed by atoms with Gasteiger partial charge in [0.1, 0.15) is 0 Å². The fourth-order valence-electron chi connectivity index (χ4n) is 3.79. The molecule has 1 unspecified atom stereocenters. The van der Waals surface area contributed by atoms with Crippen LogP contribution in [0.4, 0.5) is 0 Å². The SMILES string of the molecule is CCCOC(=O)CC(CC)c1ccc(C(=O)C2CCC(CN)CC2)cc1. The Balaban J connectivity index is 1.95. The fraction of sp³-hybridized carbons (Fsp3) is 0.636. The summed E-state index contributed by atoms with van der Waals surface area (Å²) in [6.07, 6.45) is 6.12. The summed E-state index contributed by atoms with van der Waals surface area (Å²) in [5.41, 5.74) is 7.62. The summed E-state index contributed by atoms with van der Waals surface area (Å²) in [6.45, 7) is 5.28. The predicted molar refractivity (Wildman–Crippen MR) is 104 cm³/mol. The van der Waals surface area contributed by atoms with E-state index in [1.807, 2.05) is 31.2 Å². The molecule has 0 radical (unpaired) electrons. The molecule has 0 bridgehead atoms. The molecular weight excluding hydrogens is 326 g/mol. The molecule has 4 nitrogen and oxygen atoms in total. The first-order chi connectivity index (χ1) is 12.6. The highest BCUT2D eigenvalue weighted by Crippen LogP contribution is 2.31. The highest BCUT2D eigenvalue weighted by atomic mass is 16.5. The van der Waals surface area contributed by atoms with Gasteiger partial charge in [0.15, 0.2) is 5.78 Å². The number of Topliss-reactive ketones (excluding diaryl/α,β-unsaturated/α-hetero) is 1. The van der Waals surface area contributed by atoms with Gasteiger partial charge < -0.3 is 10.5 Å². The molecule has 1 aliphatic rings. The van der Waals surface area contributed by atoms with Crippen molar-refractivity contribution in [1.82, 2.24) is 0 Å². The monoisotopic (exact) mass is 359 g/mol. The summed E-state index contributed by atoms with van der Waals surface area (Å²) in [5, 5.41) is 0. The number of hydrogen-bond acceptors (Lipinski definition) is 4. The molecule has 0 spiro atoms. The summed E-state index contributed by atoms with van der Waals surface area (Å²) in [5.74, 6) is 0.968. The lowest BCUT2D eigenvalue weighted by atomic mass is 9.78. The number of carbonyl (C=O) groups is 2. The van der Waals surface area contributed by atoms with E-state index in [1.54, 1.807) is 0 Å². The zero-order valence-corrected chi connectivity index (χ0v) is 16.2. The molecule has 0 saturated heterocycles. The van der Waals surface area contributed by atoms with Gasteiger partial charge in [0, 0.05) is 11.5 Å². The Bertz CT molecular complexity index is 574. The molecule has 2 rings (SSSR count). The molecule has 4 heteroatoms. The van der Waals surface area contributed by atoms with Gasteiger partial charge in [-0.2, -0.15) is 0 Å². The highest BCUT2D eigenvalue weighted by molar-refractivity contribution is 5.97. The lowest BCUT2D eigenvalue weighted by Gasteiger charge is -2.26. The van der Waals surface area contributed by atoms with Crippen LogP contribution in [0.5, 0.6) is 0 Å². The first-order valence-electron chi connectivity index (χ1n) is 10.1. The second kappa shape index (κ2) is 10.5. The summed E-state index contributed by atoms with van der Waals surface area (Å²) >= 11 is 0. The average Bonchev–Trinajstić information content (AvgIpc) is 2.70. The van der Waals surface area contributed by atoms with Gasteiger partial charge in [-0.1, -0.05) is 38.1 Å². The molecule has 2 N–H and O–H groups in total. The van der Waals surface area contributed by atoms with Crippen LogP contribution < -0.4 is 5.73 Å². The zero-order valence-electron chi connectivity index (χ0n) is 16.2. The van der Waals surface area contributed by atoms with Crippen LogP contribution in [0, 0.1) is 11.8 Å². The van der Waals surface area contributed by atoms with Crippen molar-refractivity contribution in [3.63, 3.8) is 0 Å². The largest absolute Gasteiger partial charge is 0.466 e. The summed E-state index contributed by atoms with van der Waals surface area (Å²) in [4.78, 5) is 24.6. The van der Waals surface area contributed by atoms with E-state index < -0.39 is 0 Å². The zero-order chi connectivity index (χ0) is 18.9. The second-order valence-electron chi connectivity index (χ2n) is 7.47. The molecule has 0 heterocycles. The number of hydrogen-bond donors (Lipinski definition) is 1. The van der Waals surface area contributed by atoms with Gasteiger partial charge in [-0.25, -0.2) is 0 Å². The number of nitrogens with two attached hydrogens (primary N) is 1. The lowest BCUT2D eigenvalue weighted by molar-refractivity contribution is -0.144. The molecule has 26 heavy (non-hydrogen) atoms. The number of carbonyl (C=O) groups excluding carboxylic acids is 2. The Morgan fingerprint density at radius 2 is 1.77 bits per heavy atom. The van der Waals surface area contributed by atoms with Crippen LogP contribution in [0.2, 0.25) is 0 Å². The Morgan fingerprint density at radius 3 is 2.31 bits per heavy atom. The van der Waals surface area contributed by atoms with Crippen LogP contribution in [0.1, 0.15) is 80.6 Å². The smallest absolute Gasteiger partial charge is 0.306 e. The van der Waals surface area contributed by atoms with Gasteiger partial charge in [0.25, 0.3) is 0 Å². The van der Waals surface area contributed by atoms with Crippen molar-refractivity contribution in [2.45, 2.75) is 64.7 Å². The predicted octanol–water partition coefficient (Wildman–Crippen LogP) is 4.47. The van der Waals surface area contributed by atoms with E-state index in [-0.39, 0.29) is 23.6 Å². The van der Waals surface area contributed by atoms with Crippen LogP contribution in [0.15, 0.2) is 24.3 Å². The molecular formula is C22H33NO3. The molecule has 1 atom stereocenters. The molecule has 144 valence electrons. The van der Waals surface area contributed by atoms with Crippen LogP contribution in [0.3, 0.4) is 0 Å². The maximum Gasteiger partial charge on any atom is 0.306 e. The second-order valence-corrected chi connectivity index (χ2v) is 7.47. The van der Waals surface area contributed by atoms with Gasteiger partial charge in [-0.15, -0.1) is 0 Å². The van der Waals surface area contributed by atoms with Crippen LogP contribution >= 0.6 is 0 Å². The first-order valence-corrected chi connectivity index (χ1v) is 10.1. The van der Waals surface area contributed by atoms with Gasteiger partial charge in [-0.3, -0.25) is 9.59 Å². The van der Waals surface area contributed by atoms with Crippen molar-refractivity contribution < 1.29 is 14.3 Å². The van der Waals surface area contributed by atoms with Gasteiger partial charge in [0.05, 0.1) is 13.0 Å². The molecule has 1 saturated carbocycles. The molecule has 0 amide bonds. The summed E-state index contributed by atoms with van der Waals surface area (Å²) in [7, 11) is 0. The average molecular weight is 360 g/mol. The highest BCUT2D eigenvalue weighted by Gasteiger charge is 2.26. The topological polar surface area (TPSA) is 69.4 Å². The Kier molecular flexibility index (Phi) is 8.30. The van der Waals surface area contributed by atoms with Crippen LogP contribution in [-0.2, 0) is 9.53 Å². The minimum atomic E-state index is -0.143. The van der Waals surface area contributed by atoms with Gasteiger partial charge in [0.2, 0.25) is 0 Å². The Labute approximate surface area is 157 Å². The van der Waals surface area contributed by atoms with E-state index in [9.17, 15) is 9.59 Å². The van der Waals surface area contributed by atoms with Crippen LogP contribution in [-0.4, -0.2) is 24.9 Å². The molecule has 1 aliphatic carbocycles. The van der Waals surface area contributed by atoms with Crippen molar-refractivity contribution in [3.8, 4) is 0 Å². The molecule has 1 fully saturated rings. The maximum atomic E-state index is 12.7. The van der Waals surface area contributed by atoms with Crippen molar-refractivity contribution in [1.29, 1.82) is 0 Å². The third-order valence-electron chi connectivity index (χ3n) is 5.59. The van der Waals surface area contributed by atoms with Crippen molar-refractivity contribution in [2.24, 2.45) is 17.6 Å². The van der Waals surface area contributed by atoms with E-state index in [0.29, 0.717) is 18.9 Å². The molecule has 1 aromatic rings. The number of benzene rings is 1. The van der Waals surface area contributed by atoms with Crippen molar-refractivity contribution in [2.75, 3.05) is 13.2 Å². The minimum Gasteiger partial charge on any atom is -0.466 e. The van der Waals surface area contributed by atoms with E-state index in [2.05, 4.69) is 6.92 Å². The van der Waals surface area contributed by atoms with Gasteiger partial charge >= 0.3 is 5.97 Å². The molecule has 1 aromatic carbocycles. The van der Waals surface area contributed by atoms with E-state index in [1.165, 1.54) is 0 Å². The normalized spacial score (nSPS) is 21.2. The number of esters is 1. The molecule has 0 aromatic heterocycles. The number of rotatable bonds is 9. The Morgan fingerprint density at radius 1 is 1.12 bits per heavy atom. The molecule has 0 aliphatic heterocycles. The summed E-state index contributed by atoms with van der Waals surface area (Å²) in [6, 6.07) is 7.85. The minimum absolute atomic E-state index is 0.134. The number of ether oxygens (including phenoxy) is 1. The first kappa shape index (κ1) is 20.6. The Hall–Kier alpha value is -1.68. The summed E-state index contributed by atoms with van der Waals surface area (Å²) < 4.78 is 5.20. The fourth-order valence-corrected chi connectivity index (χ4v) is 3.79. The quantitative estimate of drug-likeness (QED) is 0.522. The maximum absolute atomic E-state index is 12.7. The van der Waals surface area contributed by atoms with E-state index in [4.69, 9.17) is 10.5 Å². The third-order valence-corrected chi connectivity index (χ3v) is 5.59. The van der Waals surface area contributed by atoms with Crippen molar-refractivity contribution in [3.05, 3.63) is 35.4 Å². The van der Waals surface area contributed by atoms with E-state index in [0.717, 1.165) is 56.2 Å².